The molecule has 1 aromatic carbocycles. The standard InChI is InChI=1S/C18H25N5O2S2/c1-13-21-16(12-26-13)11-23(3)18(19-2)20-10-14-4-8-17(9-5-14)27(24,25)22-15-6-7-15/h4-5,8-9,12,15,22H,6-7,10-11H2,1-3H3,(H,19,20). The van der Waals surface area contributed by atoms with Crippen LogP contribution in [0, 0.1) is 6.92 Å². The maximum absolute atomic E-state index is 12.2. The number of sulfonamides is 1. The van der Waals surface area contributed by atoms with Gasteiger partial charge in [-0.3, -0.25) is 4.99 Å². The molecular weight excluding hydrogens is 382 g/mol. The normalized spacial score (nSPS) is 15.0. The van der Waals surface area contributed by atoms with Crippen LogP contribution in [0.1, 0.15) is 29.1 Å². The molecule has 1 saturated carbocycles. The lowest BCUT2D eigenvalue weighted by molar-refractivity contribution is 0.470. The van der Waals surface area contributed by atoms with Crippen LogP contribution < -0.4 is 10.0 Å². The fourth-order valence-corrected chi connectivity index (χ4v) is 4.55. The van der Waals surface area contributed by atoms with Crippen LogP contribution in [0.2, 0.25) is 0 Å². The highest BCUT2D eigenvalue weighted by molar-refractivity contribution is 7.89. The molecule has 0 atom stereocenters. The highest BCUT2D eigenvalue weighted by Gasteiger charge is 2.27. The highest BCUT2D eigenvalue weighted by Crippen LogP contribution is 2.22. The molecule has 0 bridgehead atoms. The average Bonchev–Trinajstić information content (AvgIpc) is 3.34. The molecule has 9 heteroatoms. The number of aliphatic imine (C=N–C) groups is 1. The molecule has 7 nitrogen and oxygen atoms in total. The zero-order chi connectivity index (χ0) is 19.4. The third-order valence-corrected chi connectivity index (χ3v) is 6.58. The first kappa shape index (κ1) is 19.8. The van der Waals surface area contributed by atoms with Crippen molar-refractivity contribution >= 4 is 27.3 Å². The van der Waals surface area contributed by atoms with Crippen molar-refractivity contribution in [3.63, 3.8) is 0 Å². The molecule has 0 saturated heterocycles. The van der Waals surface area contributed by atoms with E-state index in [-0.39, 0.29) is 6.04 Å². The van der Waals surface area contributed by atoms with Crippen molar-refractivity contribution in [2.24, 2.45) is 4.99 Å². The van der Waals surface area contributed by atoms with Crippen LogP contribution in [0.15, 0.2) is 39.5 Å². The van der Waals surface area contributed by atoms with Crippen molar-refractivity contribution in [3.8, 4) is 0 Å². The SMILES string of the molecule is CN=C(NCc1ccc(S(=O)(=O)NC2CC2)cc1)N(C)Cc1csc(C)n1. The Morgan fingerprint density at radius 1 is 1.33 bits per heavy atom. The molecule has 1 heterocycles. The summed E-state index contributed by atoms with van der Waals surface area (Å²) < 4.78 is 27.1. The number of guanidine groups is 1. The number of thiazole rings is 1. The van der Waals surface area contributed by atoms with Crippen molar-refractivity contribution in [1.82, 2.24) is 19.9 Å². The minimum Gasteiger partial charge on any atom is -0.352 e. The van der Waals surface area contributed by atoms with E-state index in [0.29, 0.717) is 18.0 Å². The third kappa shape index (κ3) is 5.50. The van der Waals surface area contributed by atoms with E-state index in [0.717, 1.165) is 35.1 Å². The summed E-state index contributed by atoms with van der Waals surface area (Å²) in [5.41, 5.74) is 2.00. The Kier molecular flexibility index (Phi) is 6.13. The first-order chi connectivity index (χ1) is 12.9. The van der Waals surface area contributed by atoms with Gasteiger partial charge in [0.15, 0.2) is 5.96 Å². The van der Waals surface area contributed by atoms with Crippen molar-refractivity contribution in [2.75, 3.05) is 14.1 Å². The van der Waals surface area contributed by atoms with Gasteiger partial charge in [0.25, 0.3) is 0 Å². The quantitative estimate of drug-likeness (QED) is 0.542. The van der Waals surface area contributed by atoms with Crippen molar-refractivity contribution < 1.29 is 8.42 Å². The van der Waals surface area contributed by atoms with Gasteiger partial charge in [0, 0.05) is 32.1 Å². The molecule has 0 amide bonds. The monoisotopic (exact) mass is 407 g/mol. The highest BCUT2D eigenvalue weighted by atomic mass is 32.2. The molecule has 0 radical (unpaired) electrons. The topological polar surface area (TPSA) is 86.7 Å². The molecule has 146 valence electrons. The number of hydrogen-bond donors (Lipinski definition) is 2. The number of hydrogen-bond acceptors (Lipinski definition) is 5. The smallest absolute Gasteiger partial charge is 0.240 e. The Bertz CT molecular complexity index is 902. The van der Waals surface area contributed by atoms with E-state index in [4.69, 9.17) is 0 Å². The number of nitrogens with one attached hydrogen (secondary N) is 2. The molecular formula is C18H25N5O2S2. The van der Waals surface area contributed by atoms with E-state index in [1.807, 2.05) is 36.4 Å². The van der Waals surface area contributed by atoms with E-state index in [1.165, 1.54) is 0 Å². The van der Waals surface area contributed by atoms with Gasteiger partial charge in [-0.2, -0.15) is 0 Å². The molecule has 1 aliphatic rings. The van der Waals surface area contributed by atoms with Crippen LogP contribution in [-0.4, -0.2) is 44.4 Å². The van der Waals surface area contributed by atoms with Crippen molar-refractivity contribution in [1.29, 1.82) is 0 Å². The van der Waals surface area contributed by atoms with E-state index >= 15 is 0 Å². The first-order valence-corrected chi connectivity index (χ1v) is 11.2. The summed E-state index contributed by atoms with van der Waals surface area (Å²) in [5.74, 6) is 0.757. The van der Waals surface area contributed by atoms with E-state index in [1.54, 1.807) is 30.5 Å². The van der Waals surface area contributed by atoms with Gasteiger partial charge in [0.05, 0.1) is 22.1 Å². The minimum absolute atomic E-state index is 0.108. The second-order valence-electron chi connectivity index (χ2n) is 6.65. The fraction of sp³-hybridized carbons (Fsp3) is 0.444. The van der Waals surface area contributed by atoms with E-state index in [9.17, 15) is 8.42 Å². The summed E-state index contributed by atoms with van der Waals surface area (Å²) in [4.78, 5) is 11.1. The number of rotatable bonds is 7. The lowest BCUT2D eigenvalue weighted by Gasteiger charge is -2.21. The molecule has 1 aromatic heterocycles. The Labute approximate surface area is 164 Å². The zero-order valence-corrected chi connectivity index (χ0v) is 17.4. The molecule has 0 aliphatic heterocycles. The van der Waals surface area contributed by atoms with E-state index in [2.05, 4.69) is 20.0 Å². The van der Waals surface area contributed by atoms with Crippen LogP contribution in [0.5, 0.6) is 0 Å². The summed E-state index contributed by atoms with van der Waals surface area (Å²) in [6, 6.07) is 7.05. The van der Waals surface area contributed by atoms with E-state index < -0.39 is 10.0 Å². The molecule has 0 spiro atoms. The zero-order valence-electron chi connectivity index (χ0n) is 15.8. The molecule has 2 N–H and O–H groups in total. The van der Waals surface area contributed by atoms with Gasteiger partial charge >= 0.3 is 0 Å². The number of benzene rings is 1. The molecule has 3 rings (SSSR count). The van der Waals surface area contributed by atoms with Gasteiger partial charge in [0.2, 0.25) is 10.0 Å². The van der Waals surface area contributed by atoms with Gasteiger partial charge in [-0.25, -0.2) is 18.1 Å². The minimum atomic E-state index is -3.40. The molecule has 1 aliphatic carbocycles. The second-order valence-corrected chi connectivity index (χ2v) is 9.43. The molecule has 27 heavy (non-hydrogen) atoms. The summed E-state index contributed by atoms with van der Waals surface area (Å²) >= 11 is 1.63. The van der Waals surface area contributed by atoms with Crippen LogP contribution in [-0.2, 0) is 23.1 Å². The van der Waals surface area contributed by atoms with Crippen LogP contribution >= 0.6 is 11.3 Å². The Hall–Kier alpha value is -1.97. The summed E-state index contributed by atoms with van der Waals surface area (Å²) in [6.07, 6.45) is 1.85. The predicted octanol–water partition coefficient (Wildman–Crippen LogP) is 2.10. The van der Waals surface area contributed by atoms with Crippen LogP contribution in [0.25, 0.3) is 0 Å². The number of nitrogens with zero attached hydrogens (tertiary/aromatic N) is 3. The molecule has 1 fully saturated rings. The Balaban J connectivity index is 1.56. The van der Waals surface area contributed by atoms with Gasteiger partial charge in [-0.1, -0.05) is 12.1 Å². The van der Waals surface area contributed by atoms with Gasteiger partial charge in [0.1, 0.15) is 0 Å². The summed E-state index contributed by atoms with van der Waals surface area (Å²) in [5, 5.41) is 6.40. The third-order valence-electron chi connectivity index (χ3n) is 4.22. The fourth-order valence-electron chi connectivity index (χ4n) is 2.64. The Morgan fingerprint density at radius 3 is 2.59 bits per heavy atom. The molecule has 2 aromatic rings. The lowest BCUT2D eigenvalue weighted by atomic mass is 10.2. The van der Waals surface area contributed by atoms with Crippen LogP contribution in [0.4, 0.5) is 0 Å². The predicted molar refractivity (Wildman–Crippen MR) is 108 cm³/mol. The first-order valence-electron chi connectivity index (χ1n) is 8.81. The number of aromatic nitrogens is 1. The summed E-state index contributed by atoms with van der Waals surface area (Å²) in [7, 11) is 0.298. The largest absolute Gasteiger partial charge is 0.352 e. The van der Waals surface area contributed by atoms with Gasteiger partial charge in [-0.05, 0) is 37.5 Å². The number of aryl methyl sites for hydroxylation is 1. The summed E-state index contributed by atoms with van der Waals surface area (Å²) in [6.45, 7) is 3.22. The maximum Gasteiger partial charge on any atom is 0.240 e. The van der Waals surface area contributed by atoms with Crippen molar-refractivity contribution in [3.05, 3.63) is 45.9 Å². The molecule has 0 unspecified atom stereocenters. The van der Waals surface area contributed by atoms with Gasteiger partial charge < -0.3 is 10.2 Å². The maximum atomic E-state index is 12.2. The van der Waals surface area contributed by atoms with Crippen molar-refractivity contribution in [2.45, 2.75) is 43.8 Å². The van der Waals surface area contributed by atoms with Crippen LogP contribution in [0.3, 0.4) is 0 Å². The second kappa shape index (κ2) is 8.37. The van der Waals surface area contributed by atoms with Gasteiger partial charge in [-0.15, -0.1) is 11.3 Å². The lowest BCUT2D eigenvalue weighted by Crippen LogP contribution is -2.38. The average molecular weight is 408 g/mol. The Morgan fingerprint density at radius 2 is 2.04 bits per heavy atom.